The van der Waals surface area contributed by atoms with Crippen LogP contribution in [0.3, 0.4) is 0 Å². The first-order chi connectivity index (χ1) is 15.6. The number of ether oxygens (including phenoxy) is 4. The molecular weight excluding hydrogens is 422 g/mol. The predicted molar refractivity (Wildman–Crippen MR) is 126 cm³/mol. The number of hydrogen-bond donors (Lipinski definition) is 1. The van der Waals surface area contributed by atoms with E-state index in [1.165, 1.54) is 18.6 Å². The molecule has 0 saturated carbocycles. The lowest BCUT2D eigenvalue weighted by Gasteiger charge is -2.34. The van der Waals surface area contributed by atoms with Crippen LogP contribution < -0.4 is 5.32 Å². The van der Waals surface area contributed by atoms with Gasteiger partial charge in [0, 0.05) is 25.8 Å². The van der Waals surface area contributed by atoms with Gasteiger partial charge in [0.2, 0.25) is 5.91 Å². The molecule has 0 aromatic carbocycles. The summed E-state index contributed by atoms with van der Waals surface area (Å²) in [4.78, 5) is 23.1. The van der Waals surface area contributed by atoms with Crippen molar-refractivity contribution in [1.29, 1.82) is 0 Å². The van der Waals surface area contributed by atoms with E-state index in [9.17, 15) is 9.59 Å². The van der Waals surface area contributed by atoms with Gasteiger partial charge in [-0.1, -0.05) is 23.8 Å². The highest BCUT2D eigenvalue weighted by molar-refractivity contribution is 5.87. The molecule has 0 radical (unpaired) electrons. The highest BCUT2D eigenvalue weighted by Crippen LogP contribution is 2.42. The average molecular weight is 462 g/mol. The summed E-state index contributed by atoms with van der Waals surface area (Å²) in [6.45, 7) is 10.1. The Bertz CT molecular complexity index is 784. The molecule has 184 valence electrons. The molecular formula is C26H39NO6. The van der Waals surface area contributed by atoms with Crippen molar-refractivity contribution in [3.63, 3.8) is 0 Å². The first-order valence-corrected chi connectivity index (χ1v) is 12.1. The summed E-state index contributed by atoms with van der Waals surface area (Å²) >= 11 is 0. The molecule has 7 atom stereocenters. The van der Waals surface area contributed by atoms with Gasteiger partial charge in [-0.3, -0.25) is 9.59 Å². The fraction of sp³-hybridized carbons (Fsp3) is 0.692. The third kappa shape index (κ3) is 8.40. The van der Waals surface area contributed by atoms with E-state index in [2.05, 4.69) is 37.4 Å². The minimum atomic E-state index is -0.432. The van der Waals surface area contributed by atoms with Crippen LogP contribution in [0.2, 0.25) is 0 Å². The number of esters is 1. The Morgan fingerprint density at radius 1 is 1.15 bits per heavy atom. The normalized spacial score (nSPS) is 35.7. The molecule has 6 unspecified atom stereocenters. The van der Waals surface area contributed by atoms with E-state index >= 15 is 0 Å². The van der Waals surface area contributed by atoms with Gasteiger partial charge in [0.1, 0.15) is 6.10 Å². The maximum absolute atomic E-state index is 12.2. The van der Waals surface area contributed by atoms with Crippen molar-refractivity contribution in [1.82, 2.24) is 5.32 Å². The SMILES string of the molecule is CC(=O)OC(C)/C=C\C(=O)NC1CCC(C/C=C(C)/C=C/C2C[C@]3(CO3)CC(C)O2)OC1C. The maximum atomic E-state index is 12.2. The first kappa shape index (κ1) is 25.7. The van der Waals surface area contributed by atoms with Gasteiger partial charge in [0.05, 0.1) is 42.7 Å². The number of epoxide rings is 1. The van der Waals surface area contributed by atoms with E-state index in [4.69, 9.17) is 18.9 Å². The number of hydrogen-bond acceptors (Lipinski definition) is 6. The maximum Gasteiger partial charge on any atom is 0.303 e. The minimum Gasteiger partial charge on any atom is -0.459 e. The third-order valence-corrected chi connectivity index (χ3v) is 6.44. The van der Waals surface area contributed by atoms with Gasteiger partial charge in [-0.25, -0.2) is 0 Å². The van der Waals surface area contributed by atoms with Crippen LogP contribution in [-0.4, -0.2) is 60.6 Å². The summed E-state index contributed by atoms with van der Waals surface area (Å²) in [5.74, 6) is -0.572. The Labute approximate surface area is 197 Å². The molecule has 33 heavy (non-hydrogen) atoms. The number of allylic oxidation sites excluding steroid dienone is 2. The van der Waals surface area contributed by atoms with E-state index in [1.807, 2.05) is 6.92 Å². The zero-order valence-corrected chi connectivity index (χ0v) is 20.5. The molecule has 3 rings (SSSR count). The second-order valence-corrected chi connectivity index (χ2v) is 9.74. The van der Waals surface area contributed by atoms with E-state index in [0.29, 0.717) is 0 Å². The standard InChI is InChI=1S/C26H39NO6/c1-17(7-10-23-15-26(16-30-26)14-19(3)32-23)6-9-22-11-12-24(20(4)33-22)27-25(29)13-8-18(2)31-21(5)28/h6-8,10,13,18-20,22-24H,9,11-12,14-16H2,1-5H3,(H,27,29)/b10-7+,13-8-,17-6+/t18?,19?,20?,22?,23?,24?,26-/m0/s1. The number of nitrogens with one attached hydrogen (secondary N) is 1. The largest absolute Gasteiger partial charge is 0.459 e. The lowest BCUT2D eigenvalue weighted by Crippen LogP contribution is -2.47. The van der Waals surface area contributed by atoms with Crippen LogP contribution in [0.1, 0.15) is 66.7 Å². The van der Waals surface area contributed by atoms with E-state index < -0.39 is 6.10 Å². The summed E-state index contributed by atoms with van der Waals surface area (Å²) in [6, 6.07) is -0.0326. The Hall–Kier alpha value is -1.96. The Kier molecular flexibility index (Phi) is 8.90. The van der Waals surface area contributed by atoms with Crippen molar-refractivity contribution in [3.05, 3.63) is 36.0 Å². The van der Waals surface area contributed by atoms with Crippen molar-refractivity contribution in [2.75, 3.05) is 6.61 Å². The molecule has 0 aliphatic carbocycles. The number of amides is 1. The topological polar surface area (TPSA) is 86.4 Å². The zero-order valence-electron chi connectivity index (χ0n) is 20.5. The Balaban J connectivity index is 1.39. The van der Waals surface area contributed by atoms with Crippen molar-refractivity contribution in [3.8, 4) is 0 Å². The molecule has 1 spiro atoms. The lowest BCUT2D eigenvalue weighted by atomic mass is 9.92. The van der Waals surface area contributed by atoms with Crippen LogP contribution in [0, 0.1) is 0 Å². The zero-order chi connectivity index (χ0) is 24.0. The summed E-state index contributed by atoms with van der Waals surface area (Å²) in [5, 5.41) is 2.99. The quantitative estimate of drug-likeness (QED) is 0.256. The van der Waals surface area contributed by atoms with Crippen LogP contribution >= 0.6 is 0 Å². The van der Waals surface area contributed by atoms with Crippen LogP contribution in [0.4, 0.5) is 0 Å². The average Bonchev–Trinajstić information content (AvgIpc) is 3.47. The van der Waals surface area contributed by atoms with Crippen molar-refractivity contribution >= 4 is 11.9 Å². The van der Waals surface area contributed by atoms with Crippen molar-refractivity contribution in [2.24, 2.45) is 0 Å². The number of rotatable bonds is 8. The fourth-order valence-electron chi connectivity index (χ4n) is 4.65. The van der Waals surface area contributed by atoms with Gasteiger partial charge < -0.3 is 24.3 Å². The molecule has 1 N–H and O–H groups in total. The van der Waals surface area contributed by atoms with E-state index in [-0.39, 0.29) is 47.9 Å². The highest BCUT2D eigenvalue weighted by Gasteiger charge is 2.50. The second kappa shape index (κ2) is 11.4. The molecule has 3 saturated heterocycles. The highest BCUT2D eigenvalue weighted by atomic mass is 16.6. The van der Waals surface area contributed by atoms with Gasteiger partial charge in [-0.15, -0.1) is 0 Å². The minimum absolute atomic E-state index is 0.0326. The van der Waals surface area contributed by atoms with Gasteiger partial charge in [-0.2, -0.15) is 0 Å². The van der Waals surface area contributed by atoms with E-state index in [1.54, 1.807) is 13.0 Å². The summed E-state index contributed by atoms with van der Waals surface area (Å²) in [7, 11) is 0. The number of carbonyl (C=O) groups is 2. The first-order valence-electron chi connectivity index (χ1n) is 12.1. The van der Waals surface area contributed by atoms with Crippen molar-refractivity contribution in [2.45, 2.75) is 109 Å². The molecule has 7 nitrogen and oxygen atoms in total. The monoisotopic (exact) mass is 461 g/mol. The van der Waals surface area contributed by atoms with Gasteiger partial charge >= 0.3 is 5.97 Å². The molecule has 3 aliphatic rings. The molecule has 0 aromatic heterocycles. The van der Waals surface area contributed by atoms with Gasteiger partial charge in [0.15, 0.2) is 0 Å². The fourth-order valence-corrected chi connectivity index (χ4v) is 4.65. The second-order valence-electron chi connectivity index (χ2n) is 9.74. The van der Waals surface area contributed by atoms with Crippen LogP contribution in [-0.2, 0) is 28.5 Å². The third-order valence-electron chi connectivity index (χ3n) is 6.44. The summed E-state index contributed by atoms with van der Waals surface area (Å²) < 4.78 is 22.8. The molecule has 3 aliphatic heterocycles. The molecule has 1 amide bonds. The predicted octanol–water partition coefficient (Wildman–Crippen LogP) is 3.78. The summed E-state index contributed by atoms with van der Waals surface area (Å²) in [5.41, 5.74) is 1.26. The summed E-state index contributed by atoms with van der Waals surface area (Å²) in [6.07, 6.45) is 14.0. The van der Waals surface area contributed by atoms with Gasteiger partial charge in [0.25, 0.3) is 0 Å². The van der Waals surface area contributed by atoms with Crippen molar-refractivity contribution < 1.29 is 28.5 Å². The van der Waals surface area contributed by atoms with Crippen LogP contribution in [0.5, 0.6) is 0 Å². The Morgan fingerprint density at radius 2 is 1.91 bits per heavy atom. The van der Waals surface area contributed by atoms with E-state index in [0.717, 1.165) is 38.7 Å². The van der Waals surface area contributed by atoms with Crippen LogP contribution in [0.15, 0.2) is 36.0 Å². The lowest BCUT2D eigenvalue weighted by molar-refractivity contribution is -0.143. The molecule has 3 heterocycles. The molecule has 0 aromatic rings. The number of carbonyl (C=O) groups excluding carboxylic acids is 2. The molecule has 7 heteroatoms. The molecule has 0 bridgehead atoms. The smallest absolute Gasteiger partial charge is 0.303 e. The van der Waals surface area contributed by atoms with Gasteiger partial charge in [-0.05, 0) is 53.0 Å². The molecule has 3 fully saturated rings. The van der Waals surface area contributed by atoms with Crippen LogP contribution in [0.25, 0.3) is 0 Å². The Morgan fingerprint density at radius 3 is 2.58 bits per heavy atom.